The standard InChI is InChI=1S/C9H11N5/c1-7-3-2-4-8(12-7)6-14-11-5-9(10)13-14/h2-5H,6H2,1H3,(H2,10,13). The van der Waals surface area contributed by atoms with Gasteiger partial charge in [0.2, 0.25) is 0 Å². The summed E-state index contributed by atoms with van der Waals surface area (Å²) >= 11 is 0. The number of hydrogen-bond acceptors (Lipinski definition) is 4. The van der Waals surface area contributed by atoms with Gasteiger partial charge in [0, 0.05) is 5.69 Å². The predicted octanol–water partition coefficient (Wildman–Crippen LogP) is 0.612. The first kappa shape index (κ1) is 8.68. The van der Waals surface area contributed by atoms with Crippen molar-refractivity contribution in [2.75, 3.05) is 5.73 Å². The van der Waals surface area contributed by atoms with Crippen LogP contribution < -0.4 is 5.73 Å². The third-order valence-electron chi connectivity index (χ3n) is 1.80. The van der Waals surface area contributed by atoms with Crippen molar-refractivity contribution in [1.82, 2.24) is 20.0 Å². The van der Waals surface area contributed by atoms with Crippen LogP contribution in [0.15, 0.2) is 24.4 Å². The molecule has 0 fully saturated rings. The van der Waals surface area contributed by atoms with Gasteiger partial charge in [-0.15, -0.1) is 5.10 Å². The van der Waals surface area contributed by atoms with Gasteiger partial charge < -0.3 is 5.73 Å². The normalized spacial score (nSPS) is 10.4. The Morgan fingerprint density at radius 2 is 2.29 bits per heavy atom. The molecule has 0 unspecified atom stereocenters. The highest BCUT2D eigenvalue weighted by Crippen LogP contribution is 2.00. The van der Waals surface area contributed by atoms with Crippen LogP contribution in [0.4, 0.5) is 5.82 Å². The van der Waals surface area contributed by atoms with Gasteiger partial charge in [-0.2, -0.15) is 9.90 Å². The minimum Gasteiger partial charge on any atom is -0.381 e. The summed E-state index contributed by atoms with van der Waals surface area (Å²) in [6.07, 6.45) is 1.52. The molecule has 0 amide bonds. The van der Waals surface area contributed by atoms with Gasteiger partial charge >= 0.3 is 0 Å². The van der Waals surface area contributed by atoms with Crippen LogP contribution in [0, 0.1) is 6.92 Å². The Balaban J connectivity index is 2.18. The molecule has 0 radical (unpaired) electrons. The van der Waals surface area contributed by atoms with E-state index in [1.807, 2.05) is 25.1 Å². The molecule has 2 heterocycles. The monoisotopic (exact) mass is 189 g/mol. The Bertz CT molecular complexity index is 434. The maximum atomic E-state index is 5.45. The lowest BCUT2D eigenvalue weighted by Gasteiger charge is -2.00. The van der Waals surface area contributed by atoms with Crippen LogP contribution in [-0.4, -0.2) is 20.0 Å². The molecule has 0 atom stereocenters. The molecular formula is C9H11N5. The van der Waals surface area contributed by atoms with Crippen molar-refractivity contribution < 1.29 is 0 Å². The summed E-state index contributed by atoms with van der Waals surface area (Å²) < 4.78 is 0. The fourth-order valence-corrected chi connectivity index (χ4v) is 1.22. The predicted molar refractivity (Wildman–Crippen MR) is 52.5 cm³/mol. The average molecular weight is 189 g/mol. The fraction of sp³-hybridized carbons (Fsp3) is 0.222. The summed E-state index contributed by atoms with van der Waals surface area (Å²) in [6, 6.07) is 5.85. The van der Waals surface area contributed by atoms with Crippen molar-refractivity contribution in [2.24, 2.45) is 0 Å². The topological polar surface area (TPSA) is 69.6 Å². The maximum Gasteiger partial charge on any atom is 0.165 e. The lowest BCUT2D eigenvalue weighted by Crippen LogP contribution is -2.06. The van der Waals surface area contributed by atoms with Crippen molar-refractivity contribution in [1.29, 1.82) is 0 Å². The lowest BCUT2D eigenvalue weighted by atomic mass is 10.3. The van der Waals surface area contributed by atoms with Crippen molar-refractivity contribution in [3.05, 3.63) is 35.8 Å². The smallest absolute Gasteiger partial charge is 0.165 e. The summed E-state index contributed by atoms with van der Waals surface area (Å²) in [4.78, 5) is 5.86. The number of aromatic nitrogens is 4. The van der Waals surface area contributed by atoms with Crippen molar-refractivity contribution in [3.63, 3.8) is 0 Å². The van der Waals surface area contributed by atoms with E-state index in [0.717, 1.165) is 11.4 Å². The molecule has 2 aromatic heterocycles. The Morgan fingerprint density at radius 1 is 1.43 bits per heavy atom. The molecule has 0 saturated carbocycles. The van der Waals surface area contributed by atoms with Crippen molar-refractivity contribution in [3.8, 4) is 0 Å². The van der Waals surface area contributed by atoms with E-state index < -0.39 is 0 Å². The molecule has 0 spiro atoms. The van der Waals surface area contributed by atoms with Crippen LogP contribution in [0.25, 0.3) is 0 Å². The molecular weight excluding hydrogens is 178 g/mol. The van der Waals surface area contributed by atoms with Gasteiger partial charge in [0.05, 0.1) is 11.9 Å². The molecule has 2 rings (SSSR count). The van der Waals surface area contributed by atoms with Crippen LogP contribution in [-0.2, 0) is 6.54 Å². The molecule has 0 bridgehead atoms. The number of anilines is 1. The molecule has 0 aliphatic carbocycles. The molecule has 5 nitrogen and oxygen atoms in total. The van der Waals surface area contributed by atoms with Crippen molar-refractivity contribution >= 4 is 5.82 Å². The SMILES string of the molecule is Cc1cccc(Cn2ncc(N)n2)n1. The lowest BCUT2D eigenvalue weighted by molar-refractivity contribution is 0.583. The van der Waals surface area contributed by atoms with Gasteiger partial charge in [0.1, 0.15) is 6.54 Å². The molecule has 0 aliphatic rings. The minimum absolute atomic E-state index is 0.428. The highest BCUT2D eigenvalue weighted by atomic mass is 15.5. The number of hydrogen-bond donors (Lipinski definition) is 1. The van der Waals surface area contributed by atoms with E-state index >= 15 is 0 Å². The number of pyridine rings is 1. The van der Waals surface area contributed by atoms with Gasteiger partial charge in [0.25, 0.3) is 0 Å². The van der Waals surface area contributed by atoms with Crippen LogP contribution in [0.5, 0.6) is 0 Å². The van der Waals surface area contributed by atoms with E-state index in [1.165, 1.54) is 11.0 Å². The largest absolute Gasteiger partial charge is 0.381 e. The average Bonchev–Trinajstić information content (AvgIpc) is 2.51. The Labute approximate surface area is 81.6 Å². The second kappa shape index (κ2) is 3.45. The second-order valence-electron chi connectivity index (χ2n) is 3.07. The van der Waals surface area contributed by atoms with Gasteiger partial charge in [-0.25, -0.2) is 0 Å². The molecule has 5 heteroatoms. The molecule has 0 aliphatic heterocycles. The zero-order valence-corrected chi connectivity index (χ0v) is 7.88. The highest BCUT2D eigenvalue weighted by molar-refractivity contribution is 5.19. The molecule has 2 aromatic rings. The molecule has 0 saturated heterocycles. The second-order valence-corrected chi connectivity index (χ2v) is 3.07. The van der Waals surface area contributed by atoms with E-state index in [1.54, 1.807) is 0 Å². The van der Waals surface area contributed by atoms with E-state index in [4.69, 9.17) is 5.73 Å². The molecule has 72 valence electrons. The number of nitrogens with two attached hydrogens (primary N) is 1. The van der Waals surface area contributed by atoms with Gasteiger partial charge in [-0.05, 0) is 19.1 Å². The zero-order valence-electron chi connectivity index (χ0n) is 7.88. The summed E-state index contributed by atoms with van der Waals surface area (Å²) in [5.74, 6) is 0.428. The minimum atomic E-state index is 0.428. The third-order valence-corrected chi connectivity index (χ3v) is 1.80. The Morgan fingerprint density at radius 3 is 2.93 bits per heavy atom. The highest BCUT2D eigenvalue weighted by Gasteiger charge is 1.99. The number of aryl methyl sites for hydroxylation is 1. The Kier molecular flexibility index (Phi) is 2.14. The van der Waals surface area contributed by atoms with Gasteiger partial charge in [-0.3, -0.25) is 4.98 Å². The summed E-state index contributed by atoms with van der Waals surface area (Å²) in [5, 5.41) is 7.96. The summed E-state index contributed by atoms with van der Waals surface area (Å²) in [6.45, 7) is 2.51. The van der Waals surface area contributed by atoms with Gasteiger partial charge in [-0.1, -0.05) is 6.07 Å². The van der Waals surface area contributed by atoms with Gasteiger partial charge in [0.15, 0.2) is 5.82 Å². The first-order chi connectivity index (χ1) is 6.74. The summed E-state index contributed by atoms with van der Waals surface area (Å²) in [7, 11) is 0. The summed E-state index contributed by atoms with van der Waals surface area (Å²) in [5.41, 5.74) is 7.37. The Hall–Kier alpha value is -1.91. The van der Waals surface area contributed by atoms with Crippen LogP contribution >= 0.6 is 0 Å². The van der Waals surface area contributed by atoms with E-state index in [2.05, 4.69) is 15.2 Å². The first-order valence-electron chi connectivity index (χ1n) is 4.32. The van der Waals surface area contributed by atoms with E-state index in [0.29, 0.717) is 12.4 Å². The number of nitrogen functional groups attached to an aromatic ring is 1. The third kappa shape index (κ3) is 1.87. The van der Waals surface area contributed by atoms with Crippen LogP contribution in [0.3, 0.4) is 0 Å². The molecule has 2 N–H and O–H groups in total. The molecule has 14 heavy (non-hydrogen) atoms. The van der Waals surface area contributed by atoms with Crippen LogP contribution in [0.2, 0.25) is 0 Å². The van der Waals surface area contributed by atoms with E-state index in [-0.39, 0.29) is 0 Å². The quantitative estimate of drug-likeness (QED) is 0.751. The number of nitrogens with zero attached hydrogens (tertiary/aromatic N) is 4. The zero-order chi connectivity index (χ0) is 9.97. The van der Waals surface area contributed by atoms with E-state index in [9.17, 15) is 0 Å². The van der Waals surface area contributed by atoms with Crippen LogP contribution in [0.1, 0.15) is 11.4 Å². The first-order valence-corrected chi connectivity index (χ1v) is 4.32. The maximum absolute atomic E-state index is 5.45. The molecule has 0 aromatic carbocycles. The number of rotatable bonds is 2. The van der Waals surface area contributed by atoms with Crippen molar-refractivity contribution in [2.45, 2.75) is 13.5 Å². The fourth-order valence-electron chi connectivity index (χ4n) is 1.22.